The third-order valence-corrected chi connectivity index (χ3v) is 2.36. The van der Waals surface area contributed by atoms with Crippen LogP contribution in [0.5, 0.6) is 11.5 Å². The van der Waals surface area contributed by atoms with Crippen molar-refractivity contribution < 1.29 is 14.8 Å². The van der Waals surface area contributed by atoms with Crippen molar-refractivity contribution in [3.8, 4) is 11.5 Å². The second kappa shape index (κ2) is 5.18. The van der Waals surface area contributed by atoms with Crippen molar-refractivity contribution in [2.45, 2.75) is 6.61 Å². The predicted molar refractivity (Wildman–Crippen MR) is 65.5 cm³/mol. The van der Waals surface area contributed by atoms with E-state index < -0.39 is 4.92 Å². The Bertz CT molecular complexity index is 551. The number of non-ortho nitro benzene ring substituents is 1. The lowest BCUT2D eigenvalue weighted by Crippen LogP contribution is -1.96. The van der Waals surface area contributed by atoms with Crippen LogP contribution in [-0.2, 0) is 6.61 Å². The first kappa shape index (κ1) is 11.9. The van der Waals surface area contributed by atoms with Gasteiger partial charge in [0.15, 0.2) is 0 Å². The fourth-order valence-corrected chi connectivity index (χ4v) is 1.47. The minimum atomic E-state index is -0.440. The molecule has 0 saturated carbocycles. The average molecular weight is 245 g/mol. The quantitative estimate of drug-likeness (QED) is 0.664. The molecule has 0 aliphatic heterocycles. The maximum Gasteiger partial charge on any atom is 0.269 e. The zero-order valence-electron chi connectivity index (χ0n) is 9.45. The van der Waals surface area contributed by atoms with E-state index in [9.17, 15) is 10.1 Å². The van der Waals surface area contributed by atoms with E-state index in [0.29, 0.717) is 5.75 Å². The van der Waals surface area contributed by atoms with Crippen LogP contribution in [0.3, 0.4) is 0 Å². The summed E-state index contributed by atoms with van der Waals surface area (Å²) >= 11 is 0. The molecule has 0 heterocycles. The highest BCUT2D eigenvalue weighted by molar-refractivity contribution is 5.35. The molecule has 2 rings (SSSR count). The zero-order chi connectivity index (χ0) is 13.0. The highest BCUT2D eigenvalue weighted by Crippen LogP contribution is 2.18. The fraction of sp³-hybridized carbons (Fsp3) is 0.0769. The van der Waals surface area contributed by atoms with Crippen LogP contribution in [-0.4, -0.2) is 10.0 Å². The molecule has 0 spiro atoms. The molecule has 0 radical (unpaired) electrons. The van der Waals surface area contributed by atoms with E-state index in [2.05, 4.69) is 0 Å². The smallest absolute Gasteiger partial charge is 0.269 e. The molecule has 0 fully saturated rings. The molecule has 92 valence electrons. The molecular weight excluding hydrogens is 234 g/mol. The van der Waals surface area contributed by atoms with Crippen molar-refractivity contribution in [1.29, 1.82) is 0 Å². The summed E-state index contributed by atoms with van der Waals surface area (Å²) in [5.41, 5.74) is 0.763. The highest BCUT2D eigenvalue weighted by atomic mass is 16.6. The maximum atomic E-state index is 10.6. The summed E-state index contributed by atoms with van der Waals surface area (Å²) in [6.07, 6.45) is 0. The van der Waals surface area contributed by atoms with Gasteiger partial charge in [-0.05, 0) is 29.8 Å². The van der Waals surface area contributed by atoms with Crippen LogP contribution >= 0.6 is 0 Å². The van der Waals surface area contributed by atoms with Gasteiger partial charge in [0.2, 0.25) is 0 Å². The molecule has 0 aliphatic carbocycles. The van der Waals surface area contributed by atoms with Crippen LogP contribution in [0.25, 0.3) is 0 Å². The molecule has 0 bridgehead atoms. The Hall–Kier alpha value is -2.56. The van der Waals surface area contributed by atoms with Crippen LogP contribution in [0.2, 0.25) is 0 Å². The standard InChI is InChI=1S/C13H11NO4/c15-12-4-6-13(7-5-12)18-9-10-2-1-3-11(8-10)14(16)17/h1-8,15H,9H2. The number of hydrogen-bond donors (Lipinski definition) is 1. The van der Waals surface area contributed by atoms with Crippen LogP contribution in [0.1, 0.15) is 5.56 Å². The van der Waals surface area contributed by atoms with Gasteiger partial charge in [0, 0.05) is 12.1 Å². The van der Waals surface area contributed by atoms with E-state index >= 15 is 0 Å². The first-order valence-corrected chi connectivity index (χ1v) is 5.30. The Labute approximate surface area is 103 Å². The van der Waals surface area contributed by atoms with E-state index in [1.165, 1.54) is 24.3 Å². The molecule has 0 aliphatic rings. The number of ether oxygens (including phenoxy) is 1. The molecule has 1 N–H and O–H groups in total. The Morgan fingerprint density at radius 1 is 1.17 bits per heavy atom. The molecule has 18 heavy (non-hydrogen) atoms. The van der Waals surface area contributed by atoms with Crippen LogP contribution < -0.4 is 4.74 Å². The number of benzene rings is 2. The van der Waals surface area contributed by atoms with E-state index in [1.54, 1.807) is 24.3 Å². The number of nitrogens with zero attached hydrogens (tertiary/aromatic N) is 1. The van der Waals surface area contributed by atoms with Crippen molar-refractivity contribution in [3.05, 3.63) is 64.2 Å². The first-order chi connectivity index (χ1) is 8.65. The minimum absolute atomic E-state index is 0.0433. The zero-order valence-corrected chi connectivity index (χ0v) is 9.45. The summed E-state index contributed by atoms with van der Waals surface area (Å²) in [5.74, 6) is 0.761. The van der Waals surface area contributed by atoms with E-state index in [0.717, 1.165) is 5.56 Å². The van der Waals surface area contributed by atoms with Gasteiger partial charge in [0.1, 0.15) is 18.1 Å². The van der Waals surface area contributed by atoms with Crippen molar-refractivity contribution in [3.63, 3.8) is 0 Å². The van der Waals surface area contributed by atoms with Crippen molar-refractivity contribution in [2.24, 2.45) is 0 Å². The van der Waals surface area contributed by atoms with Gasteiger partial charge in [-0.1, -0.05) is 12.1 Å². The van der Waals surface area contributed by atoms with Gasteiger partial charge < -0.3 is 9.84 Å². The number of phenolic OH excluding ortho intramolecular Hbond substituents is 1. The summed E-state index contributed by atoms with van der Waals surface area (Å²) < 4.78 is 5.45. The van der Waals surface area contributed by atoms with Gasteiger partial charge in [0.05, 0.1) is 4.92 Å². The van der Waals surface area contributed by atoms with E-state index in [1.807, 2.05) is 0 Å². The summed E-state index contributed by atoms with van der Waals surface area (Å²) in [5, 5.41) is 19.7. The molecular formula is C13H11NO4. The van der Waals surface area contributed by atoms with Gasteiger partial charge >= 0.3 is 0 Å². The number of hydrogen-bond acceptors (Lipinski definition) is 4. The molecule has 0 saturated heterocycles. The molecule has 0 unspecified atom stereocenters. The van der Waals surface area contributed by atoms with Crippen molar-refractivity contribution in [1.82, 2.24) is 0 Å². The normalized spacial score (nSPS) is 10.0. The molecule has 5 heteroatoms. The largest absolute Gasteiger partial charge is 0.508 e. The predicted octanol–water partition coefficient (Wildman–Crippen LogP) is 2.88. The second-order valence-corrected chi connectivity index (χ2v) is 3.71. The van der Waals surface area contributed by atoms with Crippen molar-refractivity contribution in [2.75, 3.05) is 0 Å². The van der Waals surface area contributed by atoms with Gasteiger partial charge in [0.25, 0.3) is 5.69 Å². The molecule has 0 aromatic heterocycles. The van der Waals surface area contributed by atoms with Gasteiger partial charge in [-0.15, -0.1) is 0 Å². The van der Waals surface area contributed by atoms with Crippen LogP contribution in [0.4, 0.5) is 5.69 Å². The number of aromatic hydroxyl groups is 1. The summed E-state index contributed by atoms with van der Waals surface area (Å²) in [6.45, 7) is 0.243. The Kier molecular flexibility index (Phi) is 3.43. The Morgan fingerprint density at radius 2 is 1.89 bits per heavy atom. The molecule has 0 amide bonds. The molecule has 2 aromatic carbocycles. The van der Waals surface area contributed by atoms with E-state index in [4.69, 9.17) is 9.84 Å². The van der Waals surface area contributed by atoms with E-state index in [-0.39, 0.29) is 18.0 Å². The molecule has 5 nitrogen and oxygen atoms in total. The molecule has 0 atom stereocenters. The summed E-state index contributed by atoms with van der Waals surface area (Å²) in [4.78, 5) is 10.2. The highest BCUT2D eigenvalue weighted by Gasteiger charge is 2.05. The number of nitro groups is 1. The lowest BCUT2D eigenvalue weighted by Gasteiger charge is -2.06. The Morgan fingerprint density at radius 3 is 2.56 bits per heavy atom. The first-order valence-electron chi connectivity index (χ1n) is 5.30. The fourth-order valence-electron chi connectivity index (χ4n) is 1.47. The average Bonchev–Trinajstić information content (AvgIpc) is 2.38. The monoisotopic (exact) mass is 245 g/mol. The van der Waals surface area contributed by atoms with Gasteiger partial charge in [-0.25, -0.2) is 0 Å². The number of phenols is 1. The number of rotatable bonds is 4. The second-order valence-electron chi connectivity index (χ2n) is 3.71. The SMILES string of the molecule is O=[N+]([O-])c1cccc(COc2ccc(O)cc2)c1. The minimum Gasteiger partial charge on any atom is -0.508 e. The van der Waals surface area contributed by atoms with Crippen molar-refractivity contribution >= 4 is 5.69 Å². The third-order valence-electron chi connectivity index (χ3n) is 2.36. The summed E-state index contributed by atoms with van der Waals surface area (Å²) in [6, 6.07) is 12.6. The van der Waals surface area contributed by atoms with Crippen LogP contribution in [0.15, 0.2) is 48.5 Å². The van der Waals surface area contributed by atoms with Gasteiger partial charge in [-0.2, -0.15) is 0 Å². The van der Waals surface area contributed by atoms with Gasteiger partial charge in [-0.3, -0.25) is 10.1 Å². The Balaban J connectivity index is 2.04. The maximum absolute atomic E-state index is 10.6. The number of nitro benzene ring substituents is 1. The topological polar surface area (TPSA) is 72.6 Å². The lowest BCUT2D eigenvalue weighted by molar-refractivity contribution is -0.384. The third kappa shape index (κ3) is 2.98. The summed E-state index contributed by atoms with van der Waals surface area (Å²) in [7, 11) is 0. The lowest BCUT2D eigenvalue weighted by atomic mass is 10.2. The molecule has 2 aromatic rings. The van der Waals surface area contributed by atoms with Crippen LogP contribution in [0, 0.1) is 10.1 Å².